The number of aldehydes is 1. The lowest BCUT2D eigenvalue weighted by atomic mass is 9.93. The third kappa shape index (κ3) is 6.33. The van der Waals surface area contributed by atoms with Gasteiger partial charge in [-0.25, -0.2) is 4.79 Å². The molecule has 1 aromatic carbocycles. The van der Waals surface area contributed by atoms with Crippen molar-refractivity contribution in [3.8, 4) is 11.8 Å². The van der Waals surface area contributed by atoms with Gasteiger partial charge in [0.15, 0.2) is 0 Å². The second kappa shape index (κ2) is 9.45. The van der Waals surface area contributed by atoms with Crippen molar-refractivity contribution < 1.29 is 14.3 Å². The van der Waals surface area contributed by atoms with Crippen LogP contribution in [0.2, 0.25) is 0 Å². The van der Waals surface area contributed by atoms with E-state index in [1.807, 2.05) is 49.9 Å². The Morgan fingerprint density at radius 2 is 1.66 bits per heavy atom. The van der Waals surface area contributed by atoms with E-state index < -0.39 is 5.60 Å². The van der Waals surface area contributed by atoms with Crippen LogP contribution in [0.4, 0.5) is 4.79 Å². The van der Waals surface area contributed by atoms with Crippen LogP contribution in [0.15, 0.2) is 24.3 Å². The maximum atomic E-state index is 12.2. The van der Waals surface area contributed by atoms with Gasteiger partial charge in [-0.2, -0.15) is 0 Å². The number of ether oxygens (including phenoxy) is 1. The zero-order valence-electron chi connectivity index (χ0n) is 17.8. The Bertz CT molecular complexity index is 754. The van der Waals surface area contributed by atoms with Crippen LogP contribution in [-0.4, -0.2) is 60.0 Å². The molecular formula is C24H32N2O3. The predicted octanol–water partition coefficient (Wildman–Crippen LogP) is 3.96. The number of nitrogens with zero attached hydrogens (tertiary/aromatic N) is 2. The zero-order chi connectivity index (χ0) is 20.9. The van der Waals surface area contributed by atoms with E-state index in [1.54, 1.807) is 0 Å². The Morgan fingerprint density at radius 3 is 2.21 bits per heavy atom. The van der Waals surface area contributed by atoms with Crippen molar-refractivity contribution in [1.82, 2.24) is 9.80 Å². The van der Waals surface area contributed by atoms with E-state index in [-0.39, 0.29) is 6.09 Å². The smallest absolute Gasteiger partial charge is 0.410 e. The highest BCUT2D eigenvalue weighted by Gasteiger charge is 2.31. The van der Waals surface area contributed by atoms with E-state index in [2.05, 4.69) is 16.7 Å². The first kappa shape index (κ1) is 21.4. The molecule has 2 saturated heterocycles. The first-order valence-corrected chi connectivity index (χ1v) is 10.6. The molecule has 0 aromatic heterocycles. The van der Waals surface area contributed by atoms with Crippen molar-refractivity contribution in [2.24, 2.45) is 5.92 Å². The van der Waals surface area contributed by atoms with Crippen LogP contribution in [0.5, 0.6) is 0 Å². The molecule has 0 N–H and O–H groups in total. The molecule has 0 aliphatic carbocycles. The third-order valence-electron chi connectivity index (χ3n) is 5.63. The molecule has 5 heteroatoms. The SMILES string of the molecule is CC(C)(C)OC(=O)N1CCC(N2CCC(C#Cc3ccc(C=O)cc3)CC2)CC1. The summed E-state index contributed by atoms with van der Waals surface area (Å²) in [4.78, 5) is 27.4. The van der Waals surface area contributed by atoms with E-state index in [4.69, 9.17) is 4.74 Å². The maximum absolute atomic E-state index is 12.2. The van der Waals surface area contributed by atoms with E-state index in [9.17, 15) is 9.59 Å². The lowest BCUT2D eigenvalue weighted by molar-refractivity contribution is 0.0125. The second-order valence-electron chi connectivity index (χ2n) is 9.02. The average Bonchev–Trinajstić information content (AvgIpc) is 2.72. The summed E-state index contributed by atoms with van der Waals surface area (Å²) in [7, 11) is 0. The van der Waals surface area contributed by atoms with Gasteiger partial charge in [0.05, 0.1) is 0 Å². The van der Waals surface area contributed by atoms with Crippen LogP contribution in [0.1, 0.15) is 62.4 Å². The highest BCUT2D eigenvalue weighted by Crippen LogP contribution is 2.24. The Kier molecular flexibility index (Phi) is 6.97. The number of benzene rings is 1. The van der Waals surface area contributed by atoms with E-state index >= 15 is 0 Å². The molecule has 156 valence electrons. The number of likely N-dealkylation sites (tertiary alicyclic amines) is 2. The van der Waals surface area contributed by atoms with Gasteiger partial charge in [-0.3, -0.25) is 4.79 Å². The molecule has 5 nitrogen and oxygen atoms in total. The summed E-state index contributed by atoms with van der Waals surface area (Å²) in [5, 5.41) is 0. The van der Waals surface area contributed by atoms with E-state index in [1.165, 1.54) is 0 Å². The Balaban J connectivity index is 1.43. The van der Waals surface area contributed by atoms with Crippen molar-refractivity contribution in [1.29, 1.82) is 0 Å². The molecule has 2 fully saturated rings. The Labute approximate surface area is 174 Å². The predicted molar refractivity (Wildman–Crippen MR) is 114 cm³/mol. The monoisotopic (exact) mass is 396 g/mol. The molecule has 0 radical (unpaired) electrons. The molecule has 2 aliphatic heterocycles. The lowest BCUT2D eigenvalue weighted by Crippen LogP contribution is -2.49. The van der Waals surface area contributed by atoms with Crippen molar-refractivity contribution >= 4 is 12.4 Å². The number of rotatable bonds is 2. The standard InChI is InChI=1S/C24H32N2O3/c1-24(2,3)29-23(28)26-16-12-22(13-17-26)25-14-10-20(11-15-25)5-4-19-6-8-21(18-27)9-7-19/h6-9,18,20,22H,10-17H2,1-3H3. The van der Waals surface area contributed by atoms with Crippen LogP contribution < -0.4 is 0 Å². The minimum Gasteiger partial charge on any atom is -0.444 e. The molecule has 1 amide bonds. The van der Waals surface area contributed by atoms with Gasteiger partial charge in [0.25, 0.3) is 0 Å². The molecule has 0 saturated carbocycles. The van der Waals surface area contributed by atoms with Crippen molar-refractivity contribution in [3.63, 3.8) is 0 Å². The minimum absolute atomic E-state index is 0.189. The number of carbonyl (C=O) groups is 2. The lowest BCUT2D eigenvalue weighted by Gasteiger charge is -2.41. The topological polar surface area (TPSA) is 49.9 Å². The quantitative estimate of drug-likeness (QED) is 0.561. The fourth-order valence-electron chi connectivity index (χ4n) is 3.98. The largest absolute Gasteiger partial charge is 0.444 e. The fraction of sp³-hybridized carbons (Fsp3) is 0.583. The highest BCUT2D eigenvalue weighted by atomic mass is 16.6. The first-order valence-electron chi connectivity index (χ1n) is 10.6. The molecule has 0 unspecified atom stereocenters. The van der Waals surface area contributed by atoms with Crippen molar-refractivity contribution in [2.75, 3.05) is 26.2 Å². The molecule has 2 heterocycles. The van der Waals surface area contributed by atoms with E-state index in [0.29, 0.717) is 17.5 Å². The number of hydrogen-bond donors (Lipinski definition) is 0. The summed E-state index contributed by atoms with van der Waals surface area (Å²) in [5.41, 5.74) is 1.21. The number of hydrogen-bond acceptors (Lipinski definition) is 4. The molecule has 0 atom stereocenters. The van der Waals surface area contributed by atoms with Gasteiger partial charge in [-0.1, -0.05) is 24.0 Å². The van der Waals surface area contributed by atoms with Gasteiger partial charge in [0, 0.05) is 36.2 Å². The van der Waals surface area contributed by atoms with Gasteiger partial charge in [0.1, 0.15) is 11.9 Å². The summed E-state index contributed by atoms with van der Waals surface area (Å²) >= 11 is 0. The number of piperidine rings is 2. The number of amides is 1. The maximum Gasteiger partial charge on any atom is 0.410 e. The first-order chi connectivity index (χ1) is 13.8. The fourth-order valence-corrected chi connectivity index (χ4v) is 3.98. The Hall–Kier alpha value is -2.32. The summed E-state index contributed by atoms with van der Waals surface area (Å²) in [6, 6.07) is 7.99. The molecule has 29 heavy (non-hydrogen) atoms. The van der Waals surface area contributed by atoms with E-state index in [0.717, 1.165) is 63.7 Å². The van der Waals surface area contributed by atoms with Crippen LogP contribution >= 0.6 is 0 Å². The van der Waals surface area contributed by atoms with Gasteiger partial charge in [-0.05, 0) is 71.7 Å². The average molecular weight is 397 g/mol. The van der Waals surface area contributed by atoms with Crippen molar-refractivity contribution in [3.05, 3.63) is 35.4 Å². The molecule has 1 aromatic rings. The van der Waals surface area contributed by atoms with Gasteiger partial charge in [-0.15, -0.1) is 0 Å². The van der Waals surface area contributed by atoms with Crippen molar-refractivity contribution in [2.45, 2.75) is 58.1 Å². The van der Waals surface area contributed by atoms with Gasteiger partial charge < -0.3 is 14.5 Å². The second-order valence-corrected chi connectivity index (χ2v) is 9.02. The van der Waals surface area contributed by atoms with Gasteiger partial charge >= 0.3 is 6.09 Å². The van der Waals surface area contributed by atoms with Gasteiger partial charge in [0.2, 0.25) is 0 Å². The molecule has 0 bridgehead atoms. The minimum atomic E-state index is -0.437. The normalized spacial score (nSPS) is 19.3. The molecular weight excluding hydrogens is 364 g/mol. The Morgan fingerprint density at radius 1 is 1.03 bits per heavy atom. The summed E-state index contributed by atoms with van der Waals surface area (Å²) in [5.74, 6) is 7.09. The molecule has 3 rings (SSSR count). The highest BCUT2D eigenvalue weighted by molar-refractivity contribution is 5.74. The molecule has 0 spiro atoms. The van der Waals surface area contributed by atoms with Crippen LogP contribution in [0.25, 0.3) is 0 Å². The molecule has 2 aliphatic rings. The van der Waals surface area contributed by atoms with Crippen LogP contribution in [0, 0.1) is 17.8 Å². The third-order valence-corrected chi connectivity index (χ3v) is 5.63. The summed E-state index contributed by atoms with van der Waals surface area (Å²) in [6.07, 6.45) is 4.87. The zero-order valence-corrected chi connectivity index (χ0v) is 17.8. The summed E-state index contributed by atoms with van der Waals surface area (Å²) < 4.78 is 5.49. The summed E-state index contributed by atoms with van der Waals surface area (Å²) in [6.45, 7) is 9.41. The number of carbonyl (C=O) groups excluding carboxylic acids is 2. The van der Waals surface area contributed by atoms with Crippen LogP contribution in [-0.2, 0) is 4.74 Å². The van der Waals surface area contributed by atoms with Crippen LogP contribution in [0.3, 0.4) is 0 Å².